The van der Waals surface area contributed by atoms with Gasteiger partial charge in [0.25, 0.3) is 11.5 Å². The molecule has 1 aliphatic heterocycles. The number of piperidine rings is 1. The van der Waals surface area contributed by atoms with Gasteiger partial charge in [-0.2, -0.15) is 0 Å². The van der Waals surface area contributed by atoms with E-state index in [1.807, 2.05) is 37.1 Å². The lowest BCUT2D eigenvalue weighted by Crippen LogP contribution is -2.44. The number of likely N-dealkylation sites (tertiary alicyclic amines) is 1. The highest BCUT2D eigenvalue weighted by Gasteiger charge is 2.39. The number of pyridine rings is 1. The number of aromatic nitrogens is 1. The van der Waals surface area contributed by atoms with Gasteiger partial charge in [0.05, 0.1) is 14.2 Å². The van der Waals surface area contributed by atoms with Gasteiger partial charge in [0.2, 0.25) is 0 Å². The quantitative estimate of drug-likeness (QED) is 0.597. The van der Waals surface area contributed by atoms with Crippen molar-refractivity contribution < 1.29 is 19.1 Å². The normalized spacial score (nSPS) is 17.9. The molecule has 1 saturated heterocycles. The Bertz CT molecular complexity index is 1160. The largest absolute Gasteiger partial charge is 0.496 e. The zero-order valence-corrected chi connectivity index (χ0v) is 21.5. The fourth-order valence-corrected chi connectivity index (χ4v) is 5.78. The van der Waals surface area contributed by atoms with Crippen molar-refractivity contribution in [2.45, 2.75) is 52.4 Å². The summed E-state index contributed by atoms with van der Waals surface area (Å²) in [4.78, 5) is 39.0. The molecule has 0 N–H and O–H groups in total. The molecule has 2 aromatic rings. The number of carbonyl (C=O) groups is 2. The highest BCUT2D eigenvalue weighted by atomic mass is 16.5. The molecule has 0 radical (unpaired) electrons. The third-order valence-corrected chi connectivity index (χ3v) is 8.36. The molecule has 1 aromatic carbocycles. The second-order valence-corrected chi connectivity index (χ2v) is 10.2. The molecule has 1 spiro atoms. The van der Waals surface area contributed by atoms with E-state index in [-0.39, 0.29) is 22.8 Å². The van der Waals surface area contributed by atoms with Crippen LogP contribution in [0.4, 0.5) is 0 Å². The molecular weight excluding hydrogens is 444 g/mol. The van der Waals surface area contributed by atoms with Gasteiger partial charge in [-0.1, -0.05) is 0 Å². The van der Waals surface area contributed by atoms with E-state index in [0.717, 1.165) is 61.5 Å². The SMILES string of the molecule is COc1cc(-c2cn(C)c(=O)c(C)c2C)cc(OC)c1C(=O)N1CCC2(CCC(C=O)CC2)CC1. The van der Waals surface area contributed by atoms with Crippen LogP contribution >= 0.6 is 0 Å². The number of aryl methyl sites for hydroxylation is 1. The minimum atomic E-state index is -0.0879. The molecule has 188 valence electrons. The van der Waals surface area contributed by atoms with E-state index < -0.39 is 0 Å². The Hall–Kier alpha value is -3.09. The van der Waals surface area contributed by atoms with E-state index in [1.165, 1.54) is 0 Å². The first-order valence-electron chi connectivity index (χ1n) is 12.4. The smallest absolute Gasteiger partial charge is 0.261 e. The number of hydrogen-bond acceptors (Lipinski definition) is 5. The zero-order valence-electron chi connectivity index (χ0n) is 21.5. The Balaban J connectivity index is 1.62. The molecule has 1 amide bonds. The lowest BCUT2D eigenvalue weighted by Gasteiger charge is -2.45. The number of ether oxygens (including phenoxy) is 2. The van der Waals surface area contributed by atoms with Gasteiger partial charge in [0.1, 0.15) is 23.3 Å². The Labute approximate surface area is 207 Å². The van der Waals surface area contributed by atoms with Crippen LogP contribution in [-0.4, -0.2) is 49.0 Å². The zero-order chi connectivity index (χ0) is 25.3. The molecule has 1 saturated carbocycles. The summed E-state index contributed by atoms with van der Waals surface area (Å²) in [5.74, 6) is 1.03. The number of carbonyl (C=O) groups excluding carboxylic acids is 2. The van der Waals surface area contributed by atoms with Crippen molar-refractivity contribution in [3.8, 4) is 22.6 Å². The number of aldehydes is 1. The fraction of sp³-hybridized carbons (Fsp3) is 0.536. The molecule has 0 unspecified atom stereocenters. The summed E-state index contributed by atoms with van der Waals surface area (Å²) < 4.78 is 13.0. The highest BCUT2D eigenvalue weighted by Crippen LogP contribution is 2.46. The third-order valence-electron chi connectivity index (χ3n) is 8.36. The summed E-state index contributed by atoms with van der Waals surface area (Å²) in [6, 6.07) is 3.71. The number of nitrogens with zero attached hydrogens (tertiary/aromatic N) is 2. The minimum Gasteiger partial charge on any atom is -0.496 e. The van der Waals surface area contributed by atoms with Crippen molar-refractivity contribution in [1.82, 2.24) is 9.47 Å². The van der Waals surface area contributed by atoms with Crippen molar-refractivity contribution >= 4 is 12.2 Å². The Morgan fingerprint density at radius 3 is 2.09 bits per heavy atom. The molecule has 35 heavy (non-hydrogen) atoms. The summed E-state index contributed by atoms with van der Waals surface area (Å²) >= 11 is 0. The third kappa shape index (κ3) is 4.60. The second-order valence-electron chi connectivity index (χ2n) is 10.2. The van der Waals surface area contributed by atoms with Crippen molar-refractivity contribution in [2.75, 3.05) is 27.3 Å². The Kier molecular flexibility index (Phi) is 7.06. The van der Waals surface area contributed by atoms with Crippen LogP contribution in [0, 0.1) is 25.2 Å². The van der Waals surface area contributed by atoms with Gasteiger partial charge in [-0.25, -0.2) is 0 Å². The molecule has 7 heteroatoms. The minimum absolute atomic E-state index is 0.0282. The van der Waals surface area contributed by atoms with E-state index in [1.54, 1.807) is 25.8 Å². The van der Waals surface area contributed by atoms with Crippen LogP contribution in [-0.2, 0) is 11.8 Å². The maximum Gasteiger partial charge on any atom is 0.261 e. The summed E-state index contributed by atoms with van der Waals surface area (Å²) in [5.41, 5.74) is 3.96. The van der Waals surface area contributed by atoms with Crippen molar-refractivity contribution in [3.05, 3.63) is 45.4 Å². The molecule has 4 rings (SSSR count). The van der Waals surface area contributed by atoms with Gasteiger partial charge < -0.3 is 23.7 Å². The molecule has 1 aromatic heterocycles. The summed E-state index contributed by atoms with van der Waals surface area (Å²) in [5, 5.41) is 0. The molecule has 0 bridgehead atoms. The van der Waals surface area contributed by atoms with Crippen LogP contribution in [0.15, 0.2) is 23.1 Å². The summed E-state index contributed by atoms with van der Waals surface area (Å²) in [6.45, 7) is 5.13. The van der Waals surface area contributed by atoms with E-state index in [4.69, 9.17) is 9.47 Å². The van der Waals surface area contributed by atoms with Gasteiger partial charge >= 0.3 is 0 Å². The van der Waals surface area contributed by atoms with Gasteiger partial charge in [0.15, 0.2) is 0 Å². The van der Waals surface area contributed by atoms with Crippen LogP contribution in [0.5, 0.6) is 11.5 Å². The maximum atomic E-state index is 13.7. The molecule has 2 heterocycles. The predicted octanol–water partition coefficient (Wildman–Crippen LogP) is 4.30. The summed E-state index contributed by atoms with van der Waals surface area (Å²) in [6.07, 6.45) is 8.90. The lowest BCUT2D eigenvalue weighted by atomic mass is 9.65. The van der Waals surface area contributed by atoms with Crippen LogP contribution in [0.1, 0.15) is 60.0 Å². The van der Waals surface area contributed by atoms with Crippen molar-refractivity contribution in [1.29, 1.82) is 0 Å². The Morgan fingerprint density at radius 1 is 1.00 bits per heavy atom. The highest BCUT2D eigenvalue weighted by molar-refractivity contribution is 6.01. The van der Waals surface area contributed by atoms with Gasteiger partial charge in [0, 0.05) is 43.4 Å². The molecular formula is C28H36N2O5. The lowest BCUT2D eigenvalue weighted by molar-refractivity contribution is -0.112. The number of amides is 1. The molecule has 2 fully saturated rings. The predicted molar refractivity (Wildman–Crippen MR) is 135 cm³/mol. The fourth-order valence-electron chi connectivity index (χ4n) is 5.78. The molecule has 2 aliphatic rings. The van der Waals surface area contributed by atoms with E-state index in [0.29, 0.717) is 35.7 Å². The van der Waals surface area contributed by atoms with Crippen LogP contribution in [0.2, 0.25) is 0 Å². The van der Waals surface area contributed by atoms with Crippen LogP contribution < -0.4 is 15.0 Å². The summed E-state index contributed by atoms with van der Waals surface area (Å²) in [7, 11) is 4.86. The molecule has 1 aliphatic carbocycles. The monoisotopic (exact) mass is 480 g/mol. The topological polar surface area (TPSA) is 77.8 Å². The first-order chi connectivity index (χ1) is 16.7. The number of hydrogen-bond donors (Lipinski definition) is 0. The Morgan fingerprint density at radius 2 is 1.57 bits per heavy atom. The van der Waals surface area contributed by atoms with Gasteiger partial charge in [-0.15, -0.1) is 0 Å². The molecule has 0 atom stereocenters. The van der Waals surface area contributed by atoms with Gasteiger partial charge in [-0.3, -0.25) is 9.59 Å². The van der Waals surface area contributed by atoms with E-state index >= 15 is 0 Å². The van der Waals surface area contributed by atoms with E-state index in [9.17, 15) is 14.4 Å². The van der Waals surface area contributed by atoms with Gasteiger partial charge in [-0.05, 0) is 81.0 Å². The van der Waals surface area contributed by atoms with Crippen molar-refractivity contribution in [3.63, 3.8) is 0 Å². The maximum absolute atomic E-state index is 13.7. The second kappa shape index (κ2) is 9.88. The van der Waals surface area contributed by atoms with Crippen LogP contribution in [0.3, 0.4) is 0 Å². The average molecular weight is 481 g/mol. The first-order valence-corrected chi connectivity index (χ1v) is 12.4. The van der Waals surface area contributed by atoms with Crippen LogP contribution in [0.25, 0.3) is 11.1 Å². The number of benzene rings is 1. The van der Waals surface area contributed by atoms with Crippen molar-refractivity contribution in [2.24, 2.45) is 18.4 Å². The average Bonchev–Trinajstić information content (AvgIpc) is 2.89. The molecule has 7 nitrogen and oxygen atoms in total. The number of methoxy groups -OCH3 is 2. The standard InChI is InChI=1S/C28H36N2O5/c1-18-19(2)26(32)29(3)16-22(18)21-14-23(34-4)25(24(15-21)35-5)27(33)30-12-10-28(11-13-30)8-6-20(17-31)7-9-28/h14-17,20H,6-13H2,1-5H3. The number of rotatable bonds is 5. The van der Waals surface area contributed by atoms with E-state index in [2.05, 4.69) is 0 Å². The first kappa shape index (κ1) is 25.0.